The fraction of sp³-hybridized carbons (Fsp3) is 0. The predicted octanol–water partition coefficient (Wildman–Crippen LogP) is 4.62. The van der Waals surface area contributed by atoms with Crippen molar-refractivity contribution >= 4 is 39.1 Å². The number of aromatic nitrogens is 2. The lowest BCUT2D eigenvalue weighted by atomic mass is 10.1. The number of hydrogen-bond donors (Lipinski definition) is 2. The highest BCUT2D eigenvalue weighted by Crippen LogP contribution is 2.28. The Hall–Kier alpha value is -2.52. The fourth-order valence-corrected chi connectivity index (χ4v) is 2.81. The molecule has 21 heavy (non-hydrogen) atoms. The third-order valence-corrected chi connectivity index (χ3v) is 3.82. The maximum atomic E-state index is 6.03. The molecule has 4 aromatic rings. The van der Waals surface area contributed by atoms with Crippen LogP contribution in [0.1, 0.15) is 0 Å². The number of imidazole rings is 1. The average molecular weight is 294 g/mol. The van der Waals surface area contributed by atoms with Crippen molar-refractivity contribution < 1.29 is 0 Å². The number of H-pyrrole nitrogens is 1. The van der Waals surface area contributed by atoms with Crippen LogP contribution in [0.15, 0.2) is 54.6 Å². The standard InChI is InChI=1S/C17H12ClN3/c18-13-8-14(19)16-15(9-13)20-17(21-16)12-6-5-10-3-1-2-4-11(10)7-12/h1-9H,19H2,(H,20,21). The third kappa shape index (κ3) is 2.03. The van der Waals surface area contributed by atoms with Gasteiger partial charge in [-0.25, -0.2) is 4.98 Å². The lowest BCUT2D eigenvalue weighted by Gasteiger charge is -2.00. The van der Waals surface area contributed by atoms with Crippen LogP contribution in [0, 0.1) is 0 Å². The molecule has 0 spiro atoms. The van der Waals surface area contributed by atoms with E-state index in [1.54, 1.807) is 6.07 Å². The highest BCUT2D eigenvalue weighted by molar-refractivity contribution is 6.31. The summed E-state index contributed by atoms with van der Waals surface area (Å²) < 4.78 is 0. The number of nitrogens with one attached hydrogen (secondary N) is 1. The molecule has 0 aliphatic rings. The minimum Gasteiger partial charge on any atom is -0.397 e. The minimum absolute atomic E-state index is 0.584. The van der Waals surface area contributed by atoms with Gasteiger partial charge in [-0.1, -0.05) is 48.0 Å². The predicted molar refractivity (Wildman–Crippen MR) is 88.5 cm³/mol. The van der Waals surface area contributed by atoms with Crippen molar-refractivity contribution in [1.29, 1.82) is 0 Å². The first-order chi connectivity index (χ1) is 10.2. The number of aromatic amines is 1. The summed E-state index contributed by atoms with van der Waals surface area (Å²) in [6.07, 6.45) is 0. The quantitative estimate of drug-likeness (QED) is 0.503. The van der Waals surface area contributed by atoms with Crippen LogP contribution in [0.3, 0.4) is 0 Å². The van der Waals surface area contributed by atoms with E-state index in [9.17, 15) is 0 Å². The molecule has 4 heteroatoms. The summed E-state index contributed by atoms with van der Waals surface area (Å²) >= 11 is 6.03. The van der Waals surface area contributed by atoms with E-state index in [1.165, 1.54) is 10.8 Å². The van der Waals surface area contributed by atoms with Crippen LogP contribution >= 0.6 is 11.6 Å². The smallest absolute Gasteiger partial charge is 0.138 e. The van der Waals surface area contributed by atoms with Gasteiger partial charge in [-0.3, -0.25) is 0 Å². The lowest BCUT2D eigenvalue weighted by molar-refractivity contribution is 1.34. The first kappa shape index (κ1) is 12.2. The number of nitrogens with two attached hydrogens (primary N) is 1. The summed E-state index contributed by atoms with van der Waals surface area (Å²) in [6, 6.07) is 18.1. The topological polar surface area (TPSA) is 54.7 Å². The van der Waals surface area contributed by atoms with E-state index < -0.39 is 0 Å². The molecular weight excluding hydrogens is 282 g/mol. The molecule has 3 aromatic carbocycles. The molecule has 0 saturated heterocycles. The van der Waals surface area contributed by atoms with E-state index >= 15 is 0 Å². The Morgan fingerprint density at radius 1 is 0.952 bits per heavy atom. The molecule has 0 bridgehead atoms. The second kappa shape index (κ2) is 4.50. The molecule has 3 N–H and O–H groups in total. The molecule has 0 amide bonds. The number of fused-ring (bicyclic) bond motifs is 2. The number of hydrogen-bond acceptors (Lipinski definition) is 2. The molecule has 0 aliphatic carbocycles. The zero-order chi connectivity index (χ0) is 14.4. The Balaban J connectivity index is 1.93. The number of nitrogen functional groups attached to an aromatic ring is 1. The van der Waals surface area contributed by atoms with Gasteiger partial charge in [0.1, 0.15) is 11.3 Å². The summed E-state index contributed by atoms with van der Waals surface area (Å²) in [4.78, 5) is 7.87. The third-order valence-electron chi connectivity index (χ3n) is 3.60. The second-order valence-corrected chi connectivity index (χ2v) is 5.47. The zero-order valence-electron chi connectivity index (χ0n) is 11.1. The van der Waals surface area contributed by atoms with Crippen LogP contribution in [-0.2, 0) is 0 Å². The molecular formula is C17H12ClN3. The van der Waals surface area contributed by atoms with Crippen molar-refractivity contribution in [2.75, 3.05) is 5.73 Å². The number of benzene rings is 3. The number of rotatable bonds is 1. The van der Waals surface area contributed by atoms with Crippen molar-refractivity contribution in [1.82, 2.24) is 9.97 Å². The van der Waals surface area contributed by atoms with Crippen LogP contribution in [0.2, 0.25) is 5.02 Å². The van der Waals surface area contributed by atoms with Gasteiger partial charge in [0, 0.05) is 10.6 Å². The summed E-state index contributed by atoms with van der Waals surface area (Å²) in [6.45, 7) is 0. The van der Waals surface area contributed by atoms with E-state index in [0.717, 1.165) is 22.4 Å². The molecule has 0 fully saturated rings. The maximum Gasteiger partial charge on any atom is 0.138 e. The Morgan fingerprint density at radius 2 is 1.76 bits per heavy atom. The van der Waals surface area contributed by atoms with Gasteiger partial charge < -0.3 is 10.7 Å². The van der Waals surface area contributed by atoms with Gasteiger partial charge in [0.25, 0.3) is 0 Å². The number of anilines is 1. The highest BCUT2D eigenvalue weighted by Gasteiger charge is 2.09. The van der Waals surface area contributed by atoms with Crippen molar-refractivity contribution in [3.05, 3.63) is 59.6 Å². The van der Waals surface area contributed by atoms with Gasteiger partial charge in [0.05, 0.1) is 11.2 Å². The van der Waals surface area contributed by atoms with Gasteiger partial charge in [-0.15, -0.1) is 0 Å². The highest BCUT2D eigenvalue weighted by atomic mass is 35.5. The molecule has 4 rings (SSSR count). The largest absolute Gasteiger partial charge is 0.397 e. The normalized spacial score (nSPS) is 11.3. The van der Waals surface area contributed by atoms with Gasteiger partial charge in [-0.2, -0.15) is 0 Å². The van der Waals surface area contributed by atoms with Crippen molar-refractivity contribution in [3.63, 3.8) is 0 Å². The molecule has 0 atom stereocenters. The Bertz CT molecular complexity index is 972. The fourth-order valence-electron chi connectivity index (χ4n) is 2.58. The van der Waals surface area contributed by atoms with E-state index in [2.05, 4.69) is 40.3 Å². The maximum absolute atomic E-state index is 6.03. The summed E-state index contributed by atoms with van der Waals surface area (Å²) in [7, 11) is 0. The Morgan fingerprint density at radius 3 is 2.62 bits per heavy atom. The summed E-state index contributed by atoms with van der Waals surface area (Å²) in [5.74, 6) is 0.796. The van der Waals surface area contributed by atoms with Crippen LogP contribution in [0.4, 0.5) is 5.69 Å². The molecule has 102 valence electrons. The summed E-state index contributed by atoms with van der Waals surface area (Å²) in [5, 5.41) is 3.00. The van der Waals surface area contributed by atoms with Crippen LogP contribution < -0.4 is 5.73 Å². The molecule has 0 radical (unpaired) electrons. The van der Waals surface area contributed by atoms with E-state index in [-0.39, 0.29) is 0 Å². The molecule has 0 aliphatic heterocycles. The van der Waals surface area contributed by atoms with Crippen LogP contribution in [-0.4, -0.2) is 9.97 Å². The minimum atomic E-state index is 0.584. The second-order valence-electron chi connectivity index (χ2n) is 5.04. The Labute approximate surface area is 126 Å². The average Bonchev–Trinajstić information content (AvgIpc) is 2.91. The van der Waals surface area contributed by atoms with Crippen molar-refractivity contribution in [2.45, 2.75) is 0 Å². The van der Waals surface area contributed by atoms with Crippen LogP contribution in [0.5, 0.6) is 0 Å². The van der Waals surface area contributed by atoms with E-state index in [4.69, 9.17) is 17.3 Å². The number of nitrogens with zero attached hydrogens (tertiary/aromatic N) is 1. The first-order valence-corrected chi connectivity index (χ1v) is 7.02. The summed E-state index contributed by atoms with van der Waals surface area (Å²) in [5.41, 5.74) is 9.19. The van der Waals surface area contributed by atoms with Crippen LogP contribution in [0.25, 0.3) is 33.2 Å². The van der Waals surface area contributed by atoms with Crippen molar-refractivity contribution in [3.8, 4) is 11.4 Å². The molecule has 0 unspecified atom stereocenters. The molecule has 0 saturated carbocycles. The molecule has 1 aromatic heterocycles. The number of halogens is 1. The van der Waals surface area contributed by atoms with Gasteiger partial charge in [0.15, 0.2) is 0 Å². The van der Waals surface area contributed by atoms with Gasteiger partial charge in [0.2, 0.25) is 0 Å². The van der Waals surface area contributed by atoms with Gasteiger partial charge >= 0.3 is 0 Å². The zero-order valence-corrected chi connectivity index (χ0v) is 11.9. The first-order valence-electron chi connectivity index (χ1n) is 6.64. The molecule has 1 heterocycles. The molecule has 3 nitrogen and oxygen atoms in total. The van der Waals surface area contributed by atoms with Crippen molar-refractivity contribution in [2.24, 2.45) is 0 Å². The monoisotopic (exact) mass is 293 g/mol. The Kier molecular flexibility index (Phi) is 2.62. The van der Waals surface area contributed by atoms with E-state index in [0.29, 0.717) is 10.7 Å². The van der Waals surface area contributed by atoms with Gasteiger partial charge in [-0.05, 0) is 29.0 Å². The SMILES string of the molecule is Nc1cc(Cl)cc2[nH]c(-c3ccc4ccccc4c3)nc12. The lowest BCUT2D eigenvalue weighted by Crippen LogP contribution is -1.86. The van der Waals surface area contributed by atoms with E-state index in [1.807, 2.05) is 18.2 Å².